The van der Waals surface area contributed by atoms with Crippen molar-refractivity contribution in [2.45, 2.75) is 0 Å². The zero-order chi connectivity index (χ0) is 20.1. The Hall–Kier alpha value is -3.36. The van der Waals surface area contributed by atoms with Crippen LogP contribution in [-0.2, 0) is 0 Å². The quantitative estimate of drug-likeness (QED) is 0.517. The van der Waals surface area contributed by atoms with E-state index in [1.54, 1.807) is 42.6 Å². The molecule has 28 heavy (non-hydrogen) atoms. The van der Waals surface area contributed by atoms with Crippen LogP contribution in [0.4, 0.5) is 27.7 Å². The minimum absolute atomic E-state index is 0.0572. The lowest BCUT2D eigenvalue weighted by atomic mass is 10.2. The number of hydrogen-bond donors (Lipinski definition) is 3. The second-order valence-corrected chi connectivity index (χ2v) is 6.27. The molecule has 0 aliphatic heterocycles. The van der Waals surface area contributed by atoms with E-state index in [2.05, 4.69) is 20.3 Å². The maximum atomic E-state index is 11.6. The number of carbonyl (C=O) groups is 1. The molecule has 2 heterocycles. The summed E-state index contributed by atoms with van der Waals surface area (Å²) in [6, 6.07) is 8.33. The van der Waals surface area contributed by atoms with Gasteiger partial charge in [0.25, 0.3) is 0 Å². The summed E-state index contributed by atoms with van der Waals surface area (Å²) < 4.78 is 0. The van der Waals surface area contributed by atoms with E-state index >= 15 is 0 Å². The number of hydrogen-bond acceptors (Lipinski definition) is 6. The maximum absolute atomic E-state index is 11.6. The van der Waals surface area contributed by atoms with Crippen LogP contribution in [0.2, 0.25) is 10.3 Å². The molecule has 0 atom stereocenters. The van der Waals surface area contributed by atoms with Gasteiger partial charge in [0.15, 0.2) is 5.82 Å². The van der Waals surface area contributed by atoms with Gasteiger partial charge < -0.3 is 16.2 Å². The lowest BCUT2D eigenvalue weighted by Crippen LogP contribution is -2.22. The third-order valence-corrected chi connectivity index (χ3v) is 3.98. The van der Waals surface area contributed by atoms with Crippen molar-refractivity contribution in [2.24, 2.45) is 0 Å². The monoisotopic (exact) mass is 416 g/mol. The molecule has 0 unspecified atom stereocenters. The van der Waals surface area contributed by atoms with Gasteiger partial charge in [-0.15, -0.1) is 0 Å². The number of nitrogens with two attached hydrogens (primary N) is 1. The van der Waals surface area contributed by atoms with E-state index in [4.69, 9.17) is 28.9 Å². The number of carboxylic acid groups (broad SMARTS) is 1. The summed E-state index contributed by atoms with van der Waals surface area (Å²) in [6.45, 7) is 0. The van der Waals surface area contributed by atoms with Gasteiger partial charge in [0, 0.05) is 24.3 Å². The molecule has 0 saturated heterocycles. The van der Waals surface area contributed by atoms with Crippen molar-refractivity contribution in [3.05, 3.63) is 71.0 Å². The lowest BCUT2D eigenvalue weighted by Gasteiger charge is -2.15. The zero-order valence-electron chi connectivity index (χ0n) is 14.3. The second-order valence-electron chi connectivity index (χ2n) is 5.53. The summed E-state index contributed by atoms with van der Waals surface area (Å²) in [5.41, 5.74) is 7.94. The highest BCUT2D eigenvalue weighted by Gasteiger charge is 2.12. The standard InChI is InChI=1S/C18H14Cl2N6O2/c19-15-10-23-17(20)25-16(15)24-13-1-3-14(4-2-13)26(18(27)28)6-5-11-7-12(21)9-22-8-11/h1-10H,21H2,(H,27,28)(H,23,24,25). The van der Waals surface area contributed by atoms with Crippen molar-refractivity contribution in [3.63, 3.8) is 0 Å². The van der Waals surface area contributed by atoms with Crippen LogP contribution in [-0.4, -0.2) is 26.2 Å². The summed E-state index contributed by atoms with van der Waals surface area (Å²) >= 11 is 11.8. The van der Waals surface area contributed by atoms with E-state index in [0.717, 1.165) is 4.90 Å². The minimum atomic E-state index is -1.14. The van der Waals surface area contributed by atoms with Crippen LogP contribution in [0.15, 0.2) is 55.1 Å². The van der Waals surface area contributed by atoms with Gasteiger partial charge in [-0.05, 0) is 53.6 Å². The third-order valence-electron chi connectivity index (χ3n) is 3.53. The Morgan fingerprint density at radius 2 is 1.93 bits per heavy atom. The summed E-state index contributed by atoms with van der Waals surface area (Å²) in [4.78, 5) is 24.4. The average Bonchev–Trinajstić information content (AvgIpc) is 2.66. The zero-order valence-corrected chi connectivity index (χ0v) is 15.8. The van der Waals surface area contributed by atoms with E-state index in [1.807, 2.05) is 0 Å². The van der Waals surface area contributed by atoms with Crippen LogP contribution in [0.25, 0.3) is 6.08 Å². The van der Waals surface area contributed by atoms with Crippen LogP contribution in [0.5, 0.6) is 0 Å². The second kappa shape index (κ2) is 8.55. The Morgan fingerprint density at radius 1 is 1.18 bits per heavy atom. The Labute approximate surface area is 170 Å². The molecule has 0 spiro atoms. The van der Waals surface area contributed by atoms with Crippen LogP contribution >= 0.6 is 23.2 Å². The van der Waals surface area contributed by atoms with E-state index in [0.29, 0.717) is 33.5 Å². The fraction of sp³-hybridized carbons (Fsp3) is 0. The van der Waals surface area contributed by atoms with Crippen LogP contribution in [0, 0.1) is 0 Å². The number of aromatic nitrogens is 3. The van der Waals surface area contributed by atoms with Crippen molar-refractivity contribution in [2.75, 3.05) is 16.0 Å². The van der Waals surface area contributed by atoms with Crippen molar-refractivity contribution in [1.82, 2.24) is 15.0 Å². The molecule has 0 fully saturated rings. The fourth-order valence-electron chi connectivity index (χ4n) is 2.26. The molecule has 1 aromatic carbocycles. The number of halogens is 2. The molecule has 0 radical (unpaired) electrons. The highest BCUT2D eigenvalue weighted by atomic mass is 35.5. The summed E-state index contributed by atoms with van der Waals surface area (Å²) in [5.74, 6) is 0.346. The predicted molar refractivity (Wildman–Crippen MR) is 110 cm³/mol. The molecule has 2 aromatic heterocycles. The van der Waals surface area contributed by atoms with Crippen LogP contribution in [0.3, 0.4) is 0 Å². The number of pyridine rings is 1. The normalized spacial score (nSPS) is 10.8. The molecule has 3 rings (SSSR count). The van der Waals surface area contributed by atoms with Crippen molar-refractivity contribution in [1.29, 1.82) is 0 Å². The van der Waals surface area contributed by atoms with Crippen molar-refractivity contribution >= 4 is 58.3 Å². The smallest absolute Gasteiger partial charge is 0.415 e. The Kier molecular flexibility index (Phi) is 5.93. The predicted octanol–water partition coefficient (Wildman–Crippen LogP) is 4.66. The van der Waals surface area contributed by atoms with Gasteiger partial charge in [-0.1, -0.05) is 11.6 Å². The van der Waals surface area contributed by atoms with Gasteiger partial charge in [-0.2, -0.15) is 4.98 Å². The number of anilines is 4. The Morgan fingerprint density at radius 3 is 2.61 bits per heavy atom. The first-order chi connectivity index (χ1) is 13.4. The number of amides is 1. The molecule has 8 nitrogen and oxygen atoms in total. The first kappa shape index (κ1) is 19.4. The molecule has 1 amide bonds. The first-order valence-electron chi connectivity index (χ1n) is 7.88. The van der Waals surface area contributed by atoms with Gasteiger partial charge >= 0.3 is 6.09 Å². The third kappa shape index (κ3) is 4.87. The van der Waals surface area contributed by atoms with Gasteiger partial charge in [0.05, 0.1) is 17.6 Å². The Balaban J connectivity index is 1.79. The fourth-order valence-corrected chi connectivity index (χ4v) is 2.54. The summed E-state index contributed by atoms with van der Waals surface area (Å²) in [6.07, 6.45) is 6.36. The van der Waals surface area contributed by atoms with Crippen molar-refractivity contribution in [3.8, 4) is 0 Å². The number of benzene rings is 1. The number of nitrogens with zero attached hydrogens (tertiary/aromatic N) is 4. The van der Waals surface area contributed by atoms with E-state index in [-0.39, 0.29) is 5.28 Å². The molecular formula is C18H14Cl2N6O2. The van der Waals surface area contributed by atoms with Crippen molar-refractivity contribution < 1.29 is 9.90 Å². The first-order valence-corrected chi connectivity index (χ1v) is 8.64. The van der Waals surface area contributed by atoms with Crippen LogP contribution < -0.4 is 16.0 Å². The molecule has 10 heteroatoms. The molecule has 0 aliphatic rings. The lowest BCUT2D eigenvalue weighted by molar-refractivity contribution is 0.204. The van der Waals surface area contributed by atoms with E-state index in [1.165, 1.54) is 18.6 Å². The molecule has 142 valence electrons. The Bertz CT molecular complexity index is 1030. The molecule has 4 N–H and O–H groups in total. The number of nitrogens with one attached hydrogen (secondary N) is 1. The summed E-state index contributed by atoms with van der Waals surface area (Å²) in [7, 11) is 0. The molecule has 0 saturated carbocycles. The van der Waals surface area contributed by atoms with Gasteiger partial charge in [0.1, 0.15) is 5.02 Å². The highest BCUT2D eigenvalue weighted by molar-refractivity contribution is 6.33. The minimum Gasteiger partial charge on any atom is -0.464 e. The number of rotatable bonds is 5. The number of nitrogen functional groups attached to an aromatic ring is 1. The maximum Gasteiger partial charge on any atom is 0.415 e. The largest absolute Gasteiger partial charge is 0.464 e. The average molecular weight is 417 g/mol. The van der Waals surface area contributed by atoms with Gasteiger partial charge in [-0.3, -0.25) is 9.88 Å². The van der Waals surface area contributed by atoms with Crippen LogP contribution in [0.1, 0.15) is 5.56 Å². The van der Waals surface area contributed by atoms with Gasteiger partial charge in [-0.25, -0.2) is 9.78 Å². The highest BCUT2D eigenvalue weighted by Crippen LogP contribution is 2.25. The van der Waals surface area contributed by atoms with Gasteiger partial charge in [0.2, 0.25) is 5.28 Å². The SMILES string of the molecule is Nc1cncc(C=CN(C(=O)O)c2ccc(Nc3nc(Cl)ncc3Cl)cc2)c1. The van der Waals surface area contributed by atoms with E-state index in [9.17, 15) is 9.90 Å². The summed E-state index contributed by atoms with van der Waals surface area (Å²) in [5, 5.41) is 12.9. The molecule has 0 bridgehead atoms. The van der Waals surface area contributed by atoms with E-state index < -0.39 is 6.09 Å². The molecule has 0 aliphatic carbocycles. The topological polar surface area (TPSA) is 117 Å². The molecule has 3 aromatic rings. The molecular weight excluding hydrogens is 403 g/mol.